The molecule has 0 aromatic carbocycles. The fourth-order valence-corrected chi connectivity index (χ4v) is 5.95. The number of aromatic nitrogens is 1. The molecule has 4 nitrogen and oxygen atoms in total. The Morgan fingerprint density at radius 3 is 2.50 bits per heavy atom. The summed E-state index contributed by atoms with van der Waals surface area (Å²) in [5.41, 5.74) is 0.870. The molecular weight excluding hydrogens is 300 g/mol. The summed E-state index contributed by atoms with van der Waals surface area (Å²) in [7, 11) is 0. The van der Waals surface area contributed by atoms with Gasteiger partial charge in [0.1, 0.15) is 5.56 Å². The number of hydrogen-bond donors (Lipinski definition) is 1. The number of rotatable bonds is 5. The first-order chi connectivity index (χ1) is 11.6. The molecule has 1 heterocycles. The molecule has 4 aliphatic carbocycles. The van der Waals surface area contributed by atoms with E-state index in [1.54, 1.807) is 18.3 Å². The van der Waals surface area contributed by atoms with Crippen LogP contribution in [0.3, 0.4) is 0 Å². The molecule has 1 aromatic rings. The molecule has 4 heteroatoms. The van der Waals surface area contributed by atoms with Gasteiger partial charge < -0.3 is 10.1 Å². The van der Waals surface area contributed by atoms with E-state index in [0.717, 1.165) is 17.8 Å². The van der Waals surface area contributed by atoms with Crippen LogP contribution in [0.5, 0.6) is 5.88 Å². The molecule has 130 valence electrons. The molecule has 4 saturated carbocycles. The van der Waals surface area contributed by atoms with Gasteiger partial charge in [-0.3, -0.25) is 4.79 Å². The van der Waals surface area contributed by atoms with Gasteiger partial charge in [-0.05, 0) is 87.7 Å². The maximum absolute atomic E-state index is 12.8. The summed E-state index contributed by atoms with van der Waals surface area (Å²) < 4.78 is 5.52. The van der Waals surface area contributed by atoms with E-state index in [1.165, 1.54) is 38.5 Å². The summed E-state index contributed by atoms with van der Waals surface area (Å²) in [6, 6.07) is 3.82. The predicted molar refractivity (Wildman–Crippen MR) is 92.9 cm³/mol. The van der Waals surface area contributed by atoms with Crippen LogP contribution in [-0.2, 0) is 0 Å². The van der Waals surface area contributed by atoms with Crippen molar-refractivity contribution in [2.45, 2.75) is 58.4 Å². The standard InChI is InChI=1S/C20H28N2O2/c1-3-24-19-17(5-4-6-21-19)18(23)22-13(2)20-10-14-7-15(11-20)9-16(8-14)12-20/h4-6,13-16H,3,7-12H2,1-2H3,(H,22,23)/t13-,14?,15?,16?,20?/m0/s1. The molecule has 4 fully saturated rings. The molecule has 0 radical (unpaired) electrons. The first-order valence-corrected chi connectivity index (χ1v) is 9.48. The SMILES string of the molecule is CCOc1ncccc1C(=O)N[C@@H](C)C12CC3CC(CC(C3)C1)C2. The van der Waals surface area contributed by atoms with Gasteiger partial charge in [0.2, 0.25) is 5.88 Å². The third-order valence-corrected chi connectivity index (χ3v) is 6.65. The van der Waals surface area contributed by atoms with E-state index in [0.29, 0.717) is 23.5 Å². The second-order valence-corrected chi connectivity index (χ2v) is 8.26. The summed E-state index contributed by atoms with van der Waals surface area (Å²) in [5.74, 6) is 3.08. The molecule has 0 unspecified atom stereocenters. The lowest BCUT2D eigenvalue weighted by atomic mass is 9.48. The minimum Gasteiger partial charge on any atom is -0.477 e. The van der Waals surface area contributed by atoms with Crippen LogP contribution in [0.15, 0.2) is 18.3 Å². The second-order valence-electron chi connectivity index (χ2n) is 8.26. The van der Waals surface area contributed by atoms with Crippen molar-refractivity contribution in [2.24, 2.45) is 23.2 Å². The van der Waals surface area contributed by atoms with Gasteiger partial charge in [0, 0.05) is 12.2 Å². The Labute approximate surface area is 144 Å². The van der Waals surface area contributed by atoms with E-state index in [9.17, 15) is 4.79 Å². The van der Waals surface area contributed by atoms with Crippen LogP contribution in [0.4, 0.5) is 0 Å². The van der Waals surface area contributed by atoms with Crippen LogP contribution in [-0.4, -0.2) is 23.5 Å². The number of pyridine rings is 1. The van der Waals surface area contributed by atoms with Crippen molar-refractivity contribution in [3.63, 3.8) is 0 Å². The van der Waals surface area contributed by atoms with E-state index < -0.39 is 0 Å². The Balaban J connectivity index is 1.50. The molecule has 24 heavy (non-hydrogen) atoms. The number of ether oxygens (including phenoxy) is 1. The average Bonchev–Trinajstić information content (AvgIpc) is 2.54. The monoisotopic (exact) mass is 328 g/mol. The summed E-state index contributed by atoms with van der Waals surface area (Å²) in [6.07, 6.45) is 9.85. The van der Waals surface area contributed by atoms with Crippen molar-refractivity contribution in [2.75, 3.05) is 6.61 Å². The molecular formula is C20H28N2O2. The van der Waals surface area contributed by atoms with Crippen LogP contribution < -0.4 is 10.1 Å². The molecule has 1 atom stereocenters. The molecule has 1 aromatic heterocycles. The van der Waals surface area contributed by atoms with E-state index in [-0.39, 0.29) is 11.9 Å². The van der Waals surface area contributed by atoms with Crippen LogP contribution in [0.25, 0.3) is 0 Å². The first kappa shape index (κ1) is 15.9. The number of amides is 1. The number of carbonyl (C=O) groups excluding carboxylic acids is 1. The van der Waals surface area contributed by atoms with Crippen molar-refractivity contribution in [1.82, 2.24) is 10.3 Å². The molecule has 4 aliphatic rings. The lowest BCUT2D eigenvalue weighted by molar-refractivity contribution is -0.0688. The van der Waals surface area contributed by atoms with Gasteiger partial charge in [0.05, 0.1) is 6.61 Å². The highest BCUT2D eigenvalue weighted by Gasteiger charge is 2.53. The van der Waals surface area contributed by atoms with Gasteiger partial charge in [-0.2, -0.15) is 0 Å². The highest BCUT2D eigenvalue weighted by Crippen LogP contribution is 2.61. The van der Waals surface area contributed by atoms with Gasteiger partial charge in [0.15, 0.2) is 0 Å². The molecule has 5 rings (SSSR count). The quantitative estimate of drug-likeness (QED) is 0.894. The zero-order valence-electron chi connectivity index (χ0n) is 14.8. The van der Waals surface area contributed by atoms with Crippen LogP contribution in [0.1, 0.15) is 62.7 Å². The second kappa shape index (κ2) is 6.05. The maximum Gasteiger partial charge on any atom is 0.256 e. The van der Waals surface area contributed by atoms with Crippen molar-refractivity contribution < 1.29 is 9.53 Å². The highest BCUT2D eigenvalue weighted by molar-refractivity contribution is 5.96. The average molecular weight is 328 g/mol. The van der Waals surface area contributed by atoms with Gasteiger partial charge in [-0.1, -0.05) is 0 Å². The normalized spacial score (nSPS) is 34.8. The summed E-state index contributed by atoms with van der Waals surface area (Å²) in [5, 5.41) is 3.29. The minimum atomic E-state index is -0.0465. The highest BCUT2D eigenvalue weighted by atomic mass is 16.5. The van der Waals surface area contributed by atoms with Crippen molar-refractivity contribution in [3.8, 4) is 5.88 Å². The lowest BCUT2D eigenvalue weighted by Gasteiger charge is -2.59. The maximum atomic E-state index is 12.8. The summed E-state index contributed by atoms with van der Waals surface area (Å²) in [6.45, 7) is 4.64. The fourth-order valence-electron chi connectivity index (χ4n) is 5.95. The summed E-state index contributed by atoms with van der Waals surface area (Å²) >= 11 is 0. The van der Waals surface area contributed by atoms with E-state index in [2.05, 4.69) is 17.2 Å². The Morgan fingerprint density at radius 1 is 1.29 bits per heavy atom. The number of nitrogens with one attached hydrogen (secondary N) is 1. The fraction of sp³-hybridized carbons (Fsp3) is 0.700. The third-order valence-electron chi connectivity index (χ3n) is 6.65. The number of carbonyl (C=O) groups is 1. The largest absolute Gasteiger partial charge is 0.477 e. The predicted octanol–water partition coefficient (Wildman–Crippen LogP) is 3.82. The van der Waals surface area contributed by atoms with Crippen LogP contribution in [0.2, 0.25) is 0 Å². The Bertz CT molecular complexity index is 593. The zero-order chi connectivity index (χ0) is 16.7. The van der Waals surface area contributed by atoms with E-state index >= 15 is 0 Å². The van der Waals surface area contributed by atoms with Gasteiger partial charge >= 0.3 is 0 Å². The van der Waals surface area contributed by atoms with Gasteiger partial charge in [-0.15, -0.1) is 0 Å². The topological polar surface area (TPSA) is 51.2 Å². The molecule has 4 bridgehead atoms. The molecule has 0 saturated heterocycles. The smallest absolute Gasteiger partial charge is 0.256 e. The number of nitrogens with zero attached hydrogens (tertiary/aromatic N) is 1. The Kier molecular flexibility index (Phi) is 4.01. The lowest BCUT2D eigenvalue weighted by Crippen LogP contribution is -2.55. The van der Waals surface area contributed by atoms with Crippen molar-refractivity contribution in [1.29, 1.82) is 0 Å². The summed E-state index contributed by atoms with van der Waals surface area (Å²) in [4.78, 5) is 17.0. The van der Waals surface area contributed by atoms with Crippen molar-refractivity contribution >= 4 is 5.91 Å². The minimum absolute atomic E-state index is 0.0465. The number of hydrogen-bond acceptors (Lipinski definition) is 3. The molecule has 1 amide bonds. The van der Waals surface area contributed by atoms with Crippen LogP contribution in [0, 0.1) is 23.2 Å². The zero-order valence-corrected chi connectivity index (χ0v) is 14.8. The Hall–Kier alpha value is -1.58. The van der Waals surface area contributed by atoms with E-state index in [1.807, 2.05) is 6.92 Å². The molecule has 0 aliphatic heterocycles. The molecule has 0 spiro atoms. The van der Waals surface area contributed by atoms with Crippen molar-refractivity contribution in [3.05, 3.63) is 23.9 Å². The van der Waals surface area contributed by atoms with Gasteiger partial charge in [0.25, 0.3) is 5.91 Å². The van der Waals surface area contributed by atoms with Gasteiger partial charge in [-0.25, -0.2) is 4.98 Å². The Morgan fingerprint density at radius 2 is 1.92 bits per heavy atom. The van der Waals surface area contributed by atoms with E-state index in [4.69, 9.17) is 4.74 Å². The van der Waals surface area contributed by atoms with Crippen LogP contribution >= 0.6 is 0 Å². The third kappa shape index (κ3) is 2.70. The first-order valence-electron chi connectivity index (χ1n) is 9.48. The molecule has 1 N–H and O–H groups in total.